The molecule has 0 saturated carbocycles. The van der Waals surface area contributed by atoms with Crippen molar-refractivity contribution in [2.75, 3.05) is 0 Å². The van der Waals surface area contributed by atoms with Crippen LogP contribution in [0.4, 0.5) is 4.39 Å². The highest BCUT2D eigenvalue weighted by atomic mass is 32.2. The van der Waals surface area contributed by atoms with Crippen molar-refractivity contribution < 1.29 is 13.6 Å². The number of thiocarbonyl (C=S) groups is 1. The lowest BCUT2D eigenvalue weighted by Crippen LogP contribution is -2.27. The minimum absolute atomic E-state index is 0.199. The third-order valence-corrected chi connectivity index (χ3v) is 6.64. The second kappa shape index (κ2) is 8.80. The average molecular weight is 476 g/mol. The zero-order valence-corrected chi connectivity index (χ0v) is 19.2. The number of benzene rings is 2. The van der Waals surface area contributed by atoms with Crippen LogP contribution in [0.1, 0.15) is 16.9 Å². The van der Waals surface area contributed by atoms with E-state index in [0.717, 1.165) is 5.69 Å². The number of thioether (sulfide) groups is 1. The van der Waals surface area contributed by atoms with Gasteiger partial charge in [0.15, 0.2) is 0 Å². The predicted octanol–water partition coefficient (Wildman–Crippen LogP) is 5.98. The van der Waals surface area contributed by atoms with Gasteiger partial charge < -0.3 is 4.42 Å². The molecule has 0 spiro atoms. The van der Waals surface area contributed by atoms with Crippen molar-refractivity contribution in [3.05, 3.63) is 101 Å². The summed E-state index contributed by atoms with van der Waals surface area (Å²) >= 11 is 6.67. The third kappa shape index (κ3) is 4.27. The van der Waals surface area contributed by atoms with Gasteiger partial charge in [0.25, 0.3) is 5.91 Å². The summed E-state index contributed by atoms with van der Waals surface area (Å²) in [6.07, 6.45) is 5.16. The number of hydrogen-bond acceptors (Lipinski definition) is 5. The molecule has 1 aliphatic heterocycles. The minimum atomic E-state index is -0.308. The zero-order chi connectivity index (χ0) is 22.9. The van der Waals surface area contributed by atoms with Crippen LogP contribution in [0.5, 0.6) is 0 Å². The van der Waals surface area contributed by atoms with Crippen molar-refractivity contribution in [1.29, 1.82) is 0 Å². The molecule has 2 aromatic heterocycles. The van der Waals surface area contributed by atoms with Crippen LogP contribution in [0.25, 0.3) is 23.0 Å². The molecular formula is C25H18FN3O2S2. The van der Waals surface area contributed by atoms with Gasteiger partial charge in [0.05, 0.1) is 23.4 Å². The number of furan rings is 1. The number of amides is 1. The summed E-state index contributed by atoms with van der Waals surface area (Å²) in [6.45, 7) is 1.99. The van der Waals surface area contributed by atoms with Crippen LogP contribution in [-0.2, 0) is 11.3 Å². The van der Waals surface area contributed by atoms with Gasteiger partial charge in [-0.25, -0.2) is 9.07 Å². The predicted molar refractivity (Wildman–Crippen MR) is 131 cm³/mol. The molecule has 5 nitrogen and oxygen atoms in total. The summed E-state index contributed by atoms with van der Waals surface area (Å²) in [6, 6.07) is 18.2. The first kappa shape index (κ1) is 21.4. The summed E-state index contributed by atoms with van der Waals surface area (Å²) in [4.78, 5) is 15.1. The van der Waals surface area contributed by atoms with Crippen LogP contribution in [-0.4, -0.2) is 24.9 Å². The maximum absolute atomic E-state index is 14.3. The van der Waals surface area contributed by atoms with E-state index >= 15 is 0 Å². The number of aromatic nitrogens is 2. The van der Waals surface area contributed by atoms with Crippen LogP contribution in [0, 0.1) is 12.7 Å². The van der Waals surface area contributed by atoms with E-state index in [0.29, 0.717) is 37.4 Å². The fraction of sp³-hybridized carbons (Fsp3) is 0.0800. The number of carbonyl (C=O) groups excluding carboxylic acids is 1. The normalized spacial score (nSPS) is 15.1. The van der Waals surface area contributed by atoms with Crippen LogP contribution in [0.15, 0.2) is 82.4 Å². The number of aryl methyl sites for hydroxylation is 1. The van der Waals surface area contributed by atoms with Crippen molar-refractivity contribution in [2.24, 2.45) is 0 Å². The molecular weight excluding hydrogens is 457 g/mol. The van der Waals surface area contributed by atoms with Gasteiger partial charge in [-0.15, -0.1) is 0 Å². The lowest BCUT2D eigenvalue weighted by atomic mass is 10.1. The van der Waals surface area contributed by atoms with E-state index < -0.39 is 0 Å². The molecule has 2 aromatic carbocycles. The van der Waals surface area contributed by atoms with E-state index in [-0.39, 0.29) is 18.3 Å². The van der Waals surface area contributed by atoms with Crippen LogP contribution in [0.2, 0.25) is 0 Å². The van der Waals surface area contributed by atoms with E-state index in [1.807, 2.05) is 42.6 Å². The zero-order valence-electron chi connectivity index (χ0n) is 17.6. The maximum Gasteiger partial charge on any atom is 0.266 e. The topological polar surface area (TPSA) is 51.3 Å². The van der Waals surface area contributed by atoms with E-state index in [1.165, 1.54) is 22.7 Å². The van der Waals surface area contributed by atoms with Crippen molar-refractivity contribution in [3.8, 4) is 16.9 Å². The monoisotopic (exact) mass is 475 g/mol. The largest absolute Gasteiger partial charge is 0.467 e. The Morgan fingerprint density at radius 2 is 1.97 bits per heavy atom. The highest BCUT2D eigenvalue weighted by Gasteiger charge is 2.33. The molecule has 1 fully saturated rings. The van der Waals surface area contributed by atoms with E-state index in [2.05, 4.69) is 0 Å². The Hall–Kier alpha value is -3.49. The molecule has 0 bridgehead atoms. The Bertz CT molecular complexity index is 1380. The molecule has 0 unspecified atom stereocenters. The minimum Gasteiger partial charge on any atom is -0.467 e. The Morgan fingerprint density at radius 1 is 1.15 bits per heavy atom. The lowest BCUT2D eigenvalue weighted by Gasteiger charge is -2.11. The van der Waals surface area contributed by atoms with E-state index in [4.69, 9.17) is 21.7 Å². The summed E-state index contributed by atoms with van der Waals surface area (Å²) in [5.74, 6) is 0.146. The van der Waals surface area contributed by atoms with Crippen molar-refractivity contribution in [2.45, 2.75) is 13.5 Å². The van der Waals surface area contributed by atoms with Gasteiger partial charge in [-0.1, -0.05) is 54.3 Å². The Kier molecular flexibility index (Phi) is 5.70. The number of rotatable bonds is 5. The van der Waals surface area contributed by atoms with Crippen molar-refractivity contribution in [1.82, 2.24) is 14.7 Å². The molecule has 33 heavy (non-hydrogen) atoms. The van der Waals surface area contributed by atoms with E-state index in [1.54, 1.807) is 42.1 Å². The first-order valence-electron chi connectivity index (χ1n) is 10.2. The highest BCUT2D eigenvalue weighted by molar-refractivity contribution is 8.26. The van der Waals surface area contributed by atoms with Gasteiger partial charge >= 0.3 is 0 Å². The molecule has 0 atom stereocenters. The van der Waals surface area contributed by atoms with Crippen LogP contribution >= 0.6 is 24.0 Å². The molecule has 5 rings (SSSR count). The molecule has 164 valence electrons. The molecule has 3 heterocycles. The smallest absolute Gasteiger partial charge is 0.266 e. The molecule has 0 aliphatic carbocycles. The third-order valence-electron chi connectivity index (χ3n) is 5.26. The van der Waals surface area contributed by atoms with Gasteiger partial charge in [0, 0.05) is 17.3 Å². The Morgan fingerprint density at radius 3 is 2.70 bits per heavy atom. The van der Waals surface area contributed by atoms with Gasteiger partial charge in [0.1, 0.15) is 21.6 Å². The second-order valence-electron chi connectivity index (χ2n) is 7.52. The van der Waals surface area contributed by atoms with Gasteiger partial charge in [-0.3, -0.25) is 9.69 Å². The Labute approximate surface area is 199 Å². The standard InChI is InChI=1S/C25H18FN3O2S2/c1-16-9-10-17(12-21(16)26)23-18(14-29(27-23)19-6-3-2-4-7-19)13-22-24(30)28(25(32)33-22)15-20-8-5-11-31-20/h2-14H,15H2,1H3/b22-13-. The Balaban J connectivity index is 1.56. The summed E-state index contributed by atoms with van der Waals surface area (Å²) in [5.41, 5.74) is 3.32. The molecule has 1 saturated heterocycles. The van der Waals surface area contributed by atoms with E-state index in [9.17, 15) is 9.18 Å². The molecule has 4 aromatic rings. The lowest BCUT2D eigenvalue weighted by molar-refractivity contribution is -0.122. The summed E-state index contributed by atoms with van der Waals surface area (Å²) in [5, 5.41) is 4.71. The van der Waals surface area contributed by atoms with Gasteiger partial charge in [0.2, 0.25) is 0 Å². The summed E-state index contributed by atoms with van der Waals surface area (Å²) in [7, 11) is 0. The fourth-order valence-electron chi connectivity index (χ4n) is 3.51. The average Bonchev–Trinajstić information content (AvgIpc) is 3.54. The molecule has 1 aliphatic rings. The van der Waals surface area contributed by atoms with Crippen LogP contribution < -0.4 is 0 Å². The quantitative estimate of drug-likeness (QED) is 0.262. The number of carbonyl (C=O) groups is 1. The first-order chi connectivity index (χ1) is 16.0. The number of nitrogens with zero attached hydrogens (tertiary/aromatic N) is 3. The van der Waals surface area contributed by atoms with Crippen molar-refractivity contribution >= 4 is 40.3 Å². The molecule has 8 heteroatoms. The highest BCUT2D eigenvalue weighted by Crippen LogP contribution is 2.36. The maximum atomic E-state index is 14.3. The van der Waals surface area contributed by atoms with Crippen molar-refractivity contribution in [3.63, 3.8) is 0 Å². The van der Waals surface area contributed by atoms with Gasteiger partial charge in [-0.2, -0.15) is 5.10 Å². The molecule has 0 N–H and O–H groups in total. The number of para-hydroxylation sites is 1. The molecule has 0 radical (unpaired) electrons. The summed E-state index contributed by atoms with van der Waals surface area (Å²) < 4.78 is 21.9. The number of halogens is 1. The SMILES string of the molecule is Cc1ccc(-c2nn(-c3ccccc3)cc2/C=C2\SC(=S)N(Cc3ccco3)C2=O)cc1F. The molecule has 1 amide bonds. The fourth-order valence-corrected chi connectivity index (χ4v) is 4.75. The van der Waals surface area contributed by atoms with Gasteiger partial charge in [-0.05, 0) is 48.9 Å². The second-order valence-corrected chi connectivity index (χ2v) is 9.20. The first-order valence-corrected chi connectivity index (χ1v) is 11.4. The van der Waals surface area contributed by atoms with Crippen LogP contribution in [0.3, 0.4) is 0 Å². The number of hydrogen-bond donors (Lipinski definition) is 0.